The zero-order valence-electron chi connectivity index (χ0n) is 14.8. The summed E-state index contributed by atoms with van der Waals surface area (Å²) >= 11 is 0. The van der Waals surface area contributed by atoms with Gasteiger partial charge >= 0.3 is 0 Å². The molecule has 1 saturated heterocycles. The summed E-state index contributed by atoms with van der Waals surface area (Å²) < 4.78 is 7.03. The van der Waals surface area contributed by atoms with Crippen molar-refractivity contribution in [1.82, 2.24) is 24.6 Å². The van der Waals surface area contributed by atoms with E-state index in [0.29, 0.717) is 30.5 Å². The predicted molar refractivity (Wildman–Crippen MR) is 97.4 cm³/mol. The molecule has 0 bridgehead atoms. The van der Waals surface area contributed by atoms with Crippen molar-refractivity contribution in [2.45, 2.75) is 0 Å². The van der Waals surface area contributed by atoms with Gasteiger partial charge in [-0.1, -0.05) is 0 Å². The van der Waals surface area contributed by atoms with E-state index in [-0.39, 0.29) is 5.91 Å². The van der Waals surface area contributed by atoms with E-state index in [0.717, 1.165) is 24.0 Å². The fourth-order valence-corrected chi connectivity index (χ4v) is 3.30. The Balaban J connectivity index is 1.49. The van der Waals surface area contributed by atoms with E-state index in [2.05, 4.69) is 20.0 Å². The standard InChI is InChI=1S/C18H20N6O2/c1-22-17(26-2)14-5-4-13(12-15(14)21-22)16(25)23-8-10-24(11-9-23)18-19-6-3-7-20-18/h3-7,12H,8-11H2,1-2H3. The number of carbonyl (C=O) groups excluding carboxylic acids is 1. The minimum atomic E-state index is 0.0187. The van der Waals surface area contributed by atoms with Gasteiger partial charge in [-0.3, -0.25) is 4.79 Å². The quantitative estimate of drug-likeness (QED) is 0.708. The Morgan fingerprint density at radius 2 is 1.85 bits per heavy atom. The fourth-order valence-electron chi connectivity index (χ4n) is 3.30. The lowest BCUT2D eigenvalue weighted by Gasteiger charge is -2.34. The molecule has 1 aliphatic heterocycles. The summed E-state index contributed by atoms with van der Waals surface area (Å²) in [6, 6.07) is 7.35. The van der Waals surface area contributed by atoms with Gasteiger partial charge in [0.25, 0.3) is 5.91 Å². The second kappa shape index (κ2) is 6.62. The van der Waals surface area contributed by atoms with Gasteiger partial charge in [0.1, 0.15) is 0 Å². The van der Waals surface area contributed by atoms with Crippen LogP contribution < -0.4 is 9.64 Å². The lowest BCUT2D eigenvalue weighted by atomic mass is 10.1. The molecule has 0 radical (unpaired) electrons. The average Bonchev–Trinajstić information content (AvgIpc) is 3.02. The van der Waals surface area contributed by atoms with Crippen molar-refractivity contribution in [2.75, 3.05) is 38.2 Å². The maximum absolute atomic E-state index is 12.9. The van der Waals surface area contributed by atoms with Gasteiger partial charge in [0.2, 0.25) is 11.8 Å². The number of hydrogen-bond acceptors (Lipinski definition) is 6. The third-order valence-electron chi connectivity index (χ3n) is 4.62. The zero-order valence-corrected chi connectivity index (χ0v) is 14.8. The Bertz CT molecular complexity index is 932. The topological polar surface area (TPSA) is 76.4 Å². The molecule has 1 fully saturated rings. The summed E-state index contributed by atoms with van der Waals surface area (Å²) in [6.45, 7) is 2.71. The van der Waals surface area contributed by atoms with E-state index in [9.17, 15) is 4.79 Å². The third-order valence-corrected chi connectivity index (χ3v) is 4.62. The van der Waals surface area contributed by atoms with Crippen LogP contribution in [0, 0.1) is 0 Å². The molecule has 2 aromatic heterocycles. The first-order chi connectivity index (χ1) is 12.7. The molecule has 0 spiro atoms. The minimum Gasteiger partial charge on any atom is -0.481 e. The molecule has 3 heterocycles. The number of nitrogens with zero attached hydrogens (tertiary/aromatic N) is 6. The number of hydrogen-bond donors (Lipinski definition) is 0. The van der Waals surface area contributed by atoms with Crippen LogP contribution in [0.1, 0.15) is 10.4 Å². The first kappa shape index (κ1) is 16.3. The second-order valence-electron chi connectivity index (χ2n) is 6.19. The SMILES string of the molecule is COc1c2ccc(C(=O)N3CCN(c4ncccn4)CC3)cc2nn1C. The van der Waals surface area contributed by atoms with E-state index in [1.165, 1.54) is 0 Å². The van der Waals surface area contributed by atoms with Crippen LogP contribution in [0.3, 0.4) is 0 Å². The Hall–Kier alpha value is -3.16. The zero-order chi connectivity index (χ0) is 18.1. The van der Waals surface area contributed by atoms with Crippen LogP contribution >= 0.6 is 0 Å². The van der Waals surface area contributed by atoms with Gasteiger partial charge in [-0.05, 0) is 24.3 Å². The molecule has 134 valence electrons. The molecular formula is C18H20N6O2. The molecule has 1 aromatic carbocycles. The molecule has 0 saturated carbocycles. The summed E-state index contributed by atoms with van der Waals surface area (Å²) in [5, 5.41) is 5.32. The molecule has 4 rings (SSSR count). The number of ether oxygens (including phenoxy) is 1. The van der Waals surface area contributed by atoms with Crippen LogP contribution in [0.15, 0.2) is 36.7 Å². The van der Waals surface area contributed by atoms with Crippen molar-refractivity contribution in [1.29, 1.82) is 0 Å². The summed E-state index contributed by atoms with van der Waals surface area (Å²) in [6.07, 6.45) is 3.46. The van der Waals surface area contributed by atoms with Gasteiger partial charge in [-0.2, -0.15) is 5.10 Å². The van der Waals surface area contributed by atoms with Crippen LogP contribution in [-0.4, -0.2) is 63.8 Å². The highest BCUT2D eigenvalue weighted by atomic mass is 16.5. The lowest BCUT2D eigenvalue weighted by Crippen LogP contribution is -2.49. The van der Waals surface area contributed by atoms with Crippen molar-refractivity contribution in [2.24, 2.45) is 7.05 Å². The largest absolute Gasteiger partial charge is 0.481 e. The maximum Gasteiger partial charge on any atom is 0.254 e. The van der Waals surface area contributed by atoms with Crippen LogP contribution in [-0.2, 0) is 7.05 Å². The van der Waals surface area contributed by atoms with Crippen molar-refractivity contribution >= 4 is 22.8 Å². The van der Waals surface area contributed by atoms with Crippen LogP contribution in [0.4, 0.5) is 5.95 Å². The Kier molecular flexibility index (Phi) is 4.16. The van der Waals surface area contributed by atoms with E-state index in [1.807, 2.05) is 30.1 Å². The molecule has 0 aliphatic carbocycles. The molecule has 0 unspecified atom stereocenters. The fraction of sp³-hybridized carbons (Fsp3) is 0.333. The number of carbonyl (C=O) groups is 1. The smallest absolute Gasteiger partial charge is 0.254 e. The minimum absolute atomic E-state index is 0.0187. The second-order valence-corrected chi connectivity index (χ2v) is 6.19. The number of benzene rings is 1. The molecule has 8 nitrogen and oxygen atoms in total. The van der Waals surface area contributed by atoms with Gasteiger partial charge in [0.15, 0.2) is 0 Å². The number of anilines is 1. The Labute approximate surface area is 151 Å². The number of piperazine rings is 1. The molecule has 8 heteroatoms. The summed E-state index contributed by atoms with van der Waals surface area (Å²) in [5.41, 5.74) is 1.40. The lowest BCUT2D eigenvalue weighted by molar-refractivity contribution is 0.0746. The van der Waals surface area contributed by atoms with Crippen LogP contribution in [0.2, 0.25) is 0 Å². The van der Waals surface area contributed by atoms with Crippen molar-refractivity contribution < 1.29 is 9.53 Å². The van der Waals surface area contributed by atoms with Gasteiger partial charge in [0, 0.05) is 51.2 Å². The maximum atomic E-state index is 12.9. The number of aromatic nitrogens is 4. The monoisotopic (exact) mass is 352 g/mol. The van der Waals surface area contributed by atoms with Crippen LogP contribution in [0.5, 0.6) is 5.88 Å². The van der Waals surface area contributed by atoms with Crippen molar-refractivity contribution in [3.8, 4) is 5.88 Å². The molecule has 1 aliphatic rings. The van der Waals surface area contributed by atoms with Gasteiger partial charge < -0.3 is 14.5 Å². The van der Waals surface area contributed by atoms with Gasteiger partial charge in [-0.15, -0.1) is 0 Å². The third kappa shape index (κ3) is 2.83. The summed E-state index contributed by atoms with van der Waals surface area (Å²) in [4.78, 5) is 25.4. The highest BCUT2D eigenvalue weighted by Crippen LogP contribution is 2.26. The Morgan fingerprint density at radius 3 is 2.54 bits per heavy atom. The predicted octanol–water partition coefficient (Wildman–Crippen LogP) is 1.33. The average molecular weight is 352 g/mol. The number of rotatable bonds is 3. The molecule has 1 amide bonds. The first-order valence-corrected chi connectivity index (χ1v) is 8.49. The van der Waals surface area contributed by atoms with E-state index < -0.39 is 0 Å². The molecule has 0 atom stereocenters. The number of methoxy groups -OCH3 is 1. The summed E-state index contributed by atoms with van der Waals surface area (Å²) in [7, 11) is 3.44. The van der Waals surface area contributed by atoms with E-state index >= 15 is 0 Å². The number of aryl methyl sites for hydroxylation is 1. The summed E-state index contributed by atoms with van der Waals surface area (Å²) in [5.74, 6) is 1.42. The van der Waals surface area contributed by atoms with Crippen LogP contribution in [0.25, 0.3) is 10.9 Å². The van der Waals surface area contributed by atoms with E-state index in [4.69, 9.17) is 4.74 Å². The van der Waals surface area contributed by atoms with Gasteiger partial charge in [0.05, 0.1) is 18.0 Å². The Morgan fingerprint density at radius 1 is 1.12 bits per heavy atom. The van der Waals surface area contributed by atoms with Gasteiger partial charge in [-0.25, -0.2) is 14.6 Å². The molecular weight excluding hydrogens is 332 g/mol. The van der Waals surface area contributed by atoms with Crippen molar-refractivity contribution in [3.63, 3.8) is 0 Å². The number of amides is 1. The molecule has 0 N–H and O–H groups in total. The number of fused-ring (bicyclic) bond motifs is 1. The first-order valence-electron chi connectivity index (χ1n) is 8.49. The van der Waals surface area contributed by atoms with Crippen molar-refractivity contribution in [3.05, 3.63) is 42.2 Å². The highest BCUT2D eigenvalue weighted by Gasteiger charge is 2.24. The highest BCUT2D eigenvalue weighted by molar-refractivity contribution is 5.98. The molecule has 26 heavy (non-hydrogen) atoms. The normalized spacial score (nSPS) is 14.7. The van der Waals surface area contributed by atoms with E-state index in [1.54, 1.807) is 30.3 Å². The molecule has 3 aromatic rings.